The van der Waals surface area contributed by atoms with Crippen molar-refractivity contribution in [2.45, 2.75) is 11.6 Å². The van der Waals surface area contributed by atoms with Gasteiger partial charge in [0.05, 0.1) is 0 Å². The highest BCUT2D eigenvalue weighted by molar-refractivity contribution is 7.98. The van der Waals surface area contributed by atoms with Crippen LogP contribution in [0.5, 0.6) is 0 Å². The molecule has 0 saturated heterocycles. The van der Waals surface area contributed by atoms with Gasteiger partial charge >= 0.3 is 0 Å². The van der Waals surface area contributed by atoms with Crippen molar-refractivity contribution in [3.05, 3.63) is 47.5 Å². The van der Waals surface area contributed by atoms with E-state index in [-0.39, 0.29) is 5.82 Å². The summed E-state index contributed by atoms with van der Waals surface area (Å²) in [6, 6.07) is 8.41. The van der Waals surface area contributed by atoms with Gasteiger partial charge in [0.25, 0.3) is 0 Å². The van der Waals surface area contributed by atoms with Gasteiger partial charge in [0.2, 0.25) is 0 Å². The maximum atomic E-state index is 12.9. The Morgan fingerprint density at radius 2 is 2.00 bits per heavy atom. The number of hydrogen-bond acceptors (Lipinski definition) is 5. The first kappa shape index (κ1) is 14.3. The number of hydrogen-bond donors (Lipinski definition) is 0. The summed E-state index contributed by atoms with van der Waals surface area (Å²) in [6.07, 6.45) is 3.32. The first-order valence-corrected chi connectivity index (χ1v) is 7.13. The first-order chi connectivity index (χ1) is 9.65. The number of nitrogens with zero attached hydrogens (tertiary/aromatic N) is 4. The van der Waals surface area contributed by atoms with Crippen LogP contribution in [-0.4, -0.2) is 23.3 Å². The molecule has 0 radical (unpaired) electrons. The third-order valence-corrected chi connectivity index (χ3v) is 3.49. The molecule has 0 bridgehead atoms. The molecule has 0 spiro atoms. The molecule has 0 unspecified atom stereocenters. The van der Waals surface area contributed by atoms with Crippen molar-refractivity contribution in [2.24, 2.45) is 0 Å². The van der Waals surface area contributed by atoms with Crippen LogP contribution in [0.15, 0.2) is 35.6 Å². The van der Waals surface area contributed by atoms with Gasteiger partial charge in [-0.3, -0.25) is 0 Å². The van der Waals surface area contributed by atoms with Crippen molar-refractivity contribution in [3.63, 3.8) is 0 Å². The lowest BCUT2D eigenvalue weighted by Gasteiger charge is -2.19. The zero-order valence-electron chi connectivity index (χ0n) is 11.2. The standard InChI is InChI=1S/C14H13FN4S/c1-19(8-10-3-5-11(15)6-4-10)13-12(7-16)14(20-2)18-9-17-13/h3-6,9H,8H2,1-2H3. The second kappa shape index (κ2) is 6.35. The molecule has 102 valence electrons. The number of nitriles is 1. The second-order valence-corrected chi connectivity index (χ2v) is 4.97. The molecule has 0 saturated carbocycles. The smallest absolute Gasteiger partial charge is 0.151 e. The van der Waals surface area contributed by atoms with E-state index in [2.05, 4.69) is 16.0 Å². The summed E-state index contributed by atoms with van der Waals surface area (Å²) in [6.45, 7) is 0.541. The van der Waals surface area contributed by atoms with Gasteiger partial charge in [-0.1, -0.05) is 12.1 Å². The molecule has 0 N–H and O–H groups in total. The van der Waals surface area contributed by atoms with E-state index >= 15 is 0 Å². The van der Waals surface area contributed by atoms with Crippen LogP contribution >= 0.6 is 11.8 Å². The lowest BCUT2D eigenvalue weighted by atomic mass is 10.2. The molecule has 0 aliphatic rings. The van der Waals surface area contributed by atoms with Crippen LogP contribution in [0.25, 0.3) is 0 Å². The fourth-order valence-corrected chi connectivity index (χ4v) is 2.33. The van der Waals surface area contributed by atoms with E-state index in [0.29, 0.717) is 23.0 Å². The van der Waals surface area contributed by atoms with Crippen molar-refractivity contribution in [2.75, 3.05) is 18.2 Å². The van der Waals surface area contributed by atoms with Crippen LogP contribution in [0.3, 0.4) is 0 Å². The van der Waals surface area contributed by atoms with Crippen molar-refractivity contribution < 1.29 is 4.39 Å². The minimum atomic E-state index is -0.263. The number of halogens is 1. The molecule has 4 nitrogen and oxygen atoms in total. The van der Waals surface area contributed by atoms with Gasteiger partial charge in [0.1, 0.15) is 28.8 Å². The average molecular weight is 288 g/mol. The van der Waals surface area contributed by atoms with Crippen molar-refractivity contribution >= 4 is 17.6 Å². The molecule has 6 heteroatoms. The average Bonchev–Trinajstić information content (AvgIpc) is 2.48. The molecule has 1 heterocycles. The predicted octanol–water partition coefficient (Wildman–Crippen LogP) is 2.85. The van der Waals surface area contributed by atoms with Crippen LogP contribution in [0.2, 0.25) is 0 Å². The summed E-state index contributed by atoms with van der Waals surface area (Å²) in [5.41, 5.74) is 1.41. The van der Waals surface area contributed by atoms with E-state index in [0.717, 1.165) is 5.56 Å². The Balaban J connectivity index is 2.27. The van der Waals surface area contributed by atoms with Crippen LogP contribution in [0, 0.1) is 17.1 Å². The van der Waals surface area contributed by atoms with E-state index in [1.165, 1.54) is 30.2 Å². The minimum absolute atomic E-state index is 0.263. The molecule has 0 fully saturated rings. The van der Waals surface area contributed by atoms with Gasteiger partial charge in [-0.05, 0) is 24.0 Å². The monoisotopic (exact) mass is 288 g/mol. The third kappa shape index (κ3) is 3.06. The highest BCUT2D eigenvalue weighted by Crippen LogP contribution is 2.25. The molecule has 1 aromatic heterocycles. The van der Waals surface area contributed by atoms with E-state index in [4.69, 9.17) is 0 Å². The van der Waals surface area contributed by atoms with Gasteiger partial charge in [0.15, 0.2) is 5.82 Å². The maximum Gasteiger partial charge on any atom is 0.151 e. The summed E-state index contributed by atoms with van der Waals surface area (Å²) in [7, 11) is 1.84. The Bertz CT molecular complexity index is 637. The Morgan fingerprint density at radius 1 is 1.30 bits per heavy atom. The topological polar surface area (TPSA) is 52.8 Å². The van der Waals surface area contributed by atoms with Crippen molar-refractivity contribution in [1.82, 2.24) is 9.97 Å². The largest absolute Gasteiger partial charge is 0.354 e. The summed E-state index contributed by atoms with van der Waals surface area (Å²) in [5.74, 6) is 0.317. The zero-order valence-corrected chi connectivity index (χ0v) is 12.0. The molecular formula is C14H13FN4S. The van der Waals surface area contributed by atoms with Crippen molar-refractivity contribution in [3.8, 4) is 6.07 Å². The normalized spacial score (nSPS) is 10.1. The summed E-state index contributed by atoms with van der Waals surface area (Å²) >= 11 is 1.41. The number of thioether (sulfide) groups is 1. The van der Waals surface area contributed by atoms with E-state index in [1.54, 1.807) is 12.1 Å². The maximum absolute atomic E-state index is 12.9. The molecule has 0 aliphatic heterocycles. The Labute approximate surface area is 121 Å². The molecule has 0 aliphatic carbocycles. The lowest BCUT2D eigenvalue weighted by molar-refractivity contribution is 0.627. The summed E-state index contributed by atoms with van der Waals surface area (Å²) < 4.78 is 12.9. The quantitative estimate of drug-likeness (QED) is 0.639. The Kier molecular flexibility index (Phi) is 4.53. The van der Waals surface area contributed by atoms with Crippen LogP contribution in [0.1, 0.15) is 11.1 Å². The first-order valence-electron chi connectivity index (χ1n) is 5.90. The summed E-state index contributed by atoms with van der Waals surface area (Å²) in [5, 5.41) is 9.92. The molecule has 2 rings (SSSR count). The lowest BCUT2D eigenvalue weighted by Crippen LogP contribution is -2.19. The Morgan fingerprint density at radius 3 is 2.60 bits per heavy atom. The highest BCUT2D eigenvalue weighted by Gasteiger charge is 2.14. The van der Waals surface area contributed by atoms with Gasteiger partial charge in [-0.25, -0.2) is 14.4 Å². The van der Waals surface area contributed by atoms with E-state index in [1.807, 2.05) is 18.2 Å². The van der Waals surface area contributed by atoms with E-state index < -0.39 is 0 Å². The van der Waals surface area contributed by atoms with Crippen LogP contribution in [0.4, 0.5) is 10.2 Å². The molecule has 20 heavy (non-hydrogen) atoms. The predicted molar refractivity (Wildman–Crippen MR) is 77.0 cm³/mol. The molecule has 0 atom stereocenters. The minimum Gasteiger partial charge on any atom is -0.354 e. The van der Waals surface area contributed by atoms with Gasteiger partial charge in [-0.15, -0.1) is 11.8 Å². The number of aromatic nitrogens is 2. The molecular weight excluding hydrogens is 275 g/mol. The highest BCUT2D eigenvalue weighted by atomic mass is 32.2. The number of benzene rings is 1. The fourth-order valence-electron chi connectivity index (χ4n) is 1.84. The number of anilines is 1. The van der Waals surface area contributed by atoms with Gasteiger partial charge < -0.3 is 4.90 Å². The van der Waals surface area contributed by atoms with Crippen LogP contribution in [-0.2, 0) is 6.54 Å². The van der Waals surface area contributed by atoms with E-state index in [9.17, 15) is 9.65 Å². The molecule has 0 amide bonds. The van der Waals surface area contributed by atoms with Gasteiger partial charge in [-0.2, -0.15) is 5.26 Å². The van der Waals surface area contributed by atoms with Crippen molar-refractivity contribution in [1.29, 1.82) is 5.26 Å². The van der Waals surface area contributed by atoms with Gasteiger partial charge in [0, 0.05) is 13.6 Å². The number of rotatable bonds is 4. The molecule has 1 aromatic carbocycles. The zero-order chi connectivity index (χ0) is 14.5. The third-order valence-electron chi connectivity index (χ3n) is 2.79. The molecule has 2 aromatic rings. The van der Waals surface area contributed by atoms with Crippen LogP contribution < -0.4 is 4.90 Å². The Hall–Kier alpha value is -2.13. The fraction of sp³-hybridized carbons (Fsp3) is 0.214. The second-order valence-electron chi connectivity index (χ2n) is 4.18. The summed E-state index contributed by atoms with van der Waals surface area (Å²) in [4.78, 5) is 10.1. The SMILES string of the molecule is CSc1ncnc(N(C)Cc2ccc(F)cc2)c1C#N.